The molecule has 0 radical (unpaired) electrons. The minimum Gasteiger partial charge on any atom is -0.481 e. The zero-order chi connectivity index (χ0) is 13.1. The predicted octanol–water partition coefficient (Wildman–Crippen LogP) is 2.31. The number of hydrogen-bond acceptors (Lipinski definition) is 2. The van der Waals surface area contributed by atoms with Gasteiger partial charge in [-0.1, -0.05) is 23.7 Å². The highest BCUT2D eigenvalue weighted by Gasteiger charge is 2.33. The molecule has 0 spiro atoms. The number of aliphatic carboxylic acids is 1. The van der Waals surface area contributed by atoms with Crippen molar-refractivity contribution in [2.75, 3.05) is 0 Å². The molecule has 0 aromatic heterocycles. The second-order valence-corrected chi connectivity index (χ2v) is 4.89. The van der Waals surface area contributed by atoms with Crippen molar-refractivity contribution in [1.82, 2.24) is 4.90 Å². The van der Waals surface area contributed by atoms with Crippen LogP contribution in [0.3, 0.4) is 0 Å². The highest BCUT2D eigenvalue weighted by molar-refractivity contribution is 6.30. The van der Waals surface area contributed by atoms with Gasteiger partial charge in [-0.2, -0.15) is 0 Å². The van der Waals surface area contributed by atoms with Gasteiger partial charge in [0, 0.05) is 17.6 Å². The topological polar surface area (TPSA) is 57.6 Å². The maximum Gasteiger partial charge on any atom is 0.312 e. The minimum atomic E-state index is -1.08. The van der Waals surface area contributed by atoms with Crippen molar-refractivity contribution in [2.24, 2.45) is 0 Å². The van der Waals surface area contributed by atoms with E-state index in [2.05, 4.69) is 0 Å². The summed E-state index contributed by atoms with van der Waals surface area (Å²) in [5, 5.41) is 9.32. The van der Waals surface area contributed by atoms with Gasteiger partial charge >= 0.3 is 5.97 Å². The number of carbonyl (C=O) groups is 2. The lowest BCUT2D eigenvalue weighted by Crippen LogP contribution is -2.33. The molecule has 0 atom stereocenters. The third kappa shape index (κ3) is 3.47. The van der Waals surface area contributed by atoms with E-state index in [0.29, 0.717) is 11.6 Å². The molecule has 1 amide bonds. The number of benzene rings is 1. The average molecular weight is 268 g/mol. The maximum absolute atomic E-state index is 11.8. The highest BCUT2D eigenvalue weighted by Crippen LogP contribution is 2.29. The van der Waals surface area contributed by atoms with Crippen LogP contribution in [-0.2, 0) is 16.1 Å². The normalized spacial score (nSPS) is 14.3. The minimum absolute atomic E-state index is 0.201. The summed E-state index contributed by atoms with van der Waals surface area (Å²) in [6.45, 7) is 0.452. The summed E-state index contributed by atoms with van der Waals surface area (Å²) in [5.74, 6) is -1.40. The monoisotopic (exact) mass is 267 g/mol. The zero-order valence-electron chi connectivity index (χ0n) is 9.80. The second-order valence-electron chi connectivity index (χ2n) is 4.45. The standard InChI is InChI=1S/C13H14ClNO3/c14-10-3-1-9(2-4-10)8-15(11-5-6-11)12(16)7-13(17)18/h1-4,11H,5-8H2,(H,17,18). The van der Waals surface area contributed by atoms with E-state index in [9.17, 15) is 9.59 Å². The molecule has 0 heterocycles. The quantitative estimate of drug-likeness (QED) is 0.833. The molecule has 1 aliphatic carbocycles. The van der Waals surface area contributed by atoms with E-state index in [1.165, 1.54) is 0 Å². The van der Waals surface area contributed by atoms with Crippen LogP contribution < -0.4 is 0 Å². The van der Waals surface area contributed by atoms with E-state index in [1.807, 2.05) is 12.1 Å². The first-order valence-corrected chi connectivity index (χ1v) is 6.20. The Hall–Kier alpha value is -1.55. The Bertz CT molecular complexity index is 454. The third-order valence-electron chi connectivity index (χ3n) is 2.88. The van der Waals surface area contributed by atoms with Crippen LogP contribution in [0.2, 0.25) is 5.02 Å². The predicted molar refractivity (Wildman–Crippen MR) is 67.3 cm³/mol. The van der Waals surface area contributed by atoms with Gasteiger partial charge in [0.1, 0.15) is 6.42 Å². The summed E-state index contributed by atoms with van der Waals surface area (Å²) >= 11 is 5.80. The van der Waals surface area contributed by atoms with Crippen molar-refractivity contribution in [2.45, 2.75) is 31.8 Å². The smallest absolute Gasteiger partial charge is 0.312 e. The van der Waals surface area contributed by atoms with Crippen LogP contribution in [0.4, 0.5) is 0 Å². The van der Waals surface area contributed by atoms with Crippen molar-refractivity contribution < 1.29 is 14.7 Å². The fourth-order valence-corrected chi connectivity index (χ4v) is 1.95. The molecular weight excluding hydrogens is 254 g/mol. The SMILES string of the molecule is O=C(O)CC(=O)N(Cc1ccc(Cl)cc1)C1CC1. The number of hydrogen-bond donors (Lipinski definition) is 1. The van der Waals surface area contributed by atoms with Gasteiger partial charge in [-0.15, -0.1) is 0 Å². The van der Waals surface area contributed by atoms with E-state index in [0.717, 1.165) is 18.4 Å². The van der Waals surface area contributed by atoms with Gasteiger partial charge in [0.05, 0.1) is 0 Å². The van der Waals surface area contributed by atoms with Gasteiger partial charge in [-0.3, -0.25) is 9.59 Å². The molecule has 18 heavy (non-hydrogen) atoms. The van der Waals surface area contributed by atoms with Gasteiger partial charge in [-0.25, -0.2) is 0 Å². The van der Waals surface area contributed by atoms with Crippen LogP contribution in [0.15, 0.2) is 24.3 Å². The number of rotatable bonds is 5. The van der Waals surface area contributed by atoms with Crippen LogP contribution in [0.25, 0.3) is 0 Å². The second kappa shape index (κ2) is 5.40. The first-order valence-electron chi connectivity index (χ1n) is 5.82. The molecule has 0 saturated heterocycles. The van der Waals surface area contributed by atoms with Crippen LogP contribution in [0, 0.1) is 0 Å². The number of carboxylic acids is 1. The Labute approximate surface area is 110 Å². The number of carbonyl (C=O) groups excluding carboxylic acids is 1. The zero-order valence-corrected chi connectivity index (χ0v) is 10.6. The molecular formula is C13H14ClNO3. The Morgan fingerprint density at radius 2 is 1.89 bits per heavy atom. The Kier molecular flexibility index (Phi) is 3.87. The number of nitrogens with zero attached hydrogens (tertiary/aromatic N) is 1. The number of halogens is 1. The van der Waals surface area contributed by atoms with Crippen LogP contribution >= 0.6 is 11.6 Å². The van der Waals surface area contributed by atoms with Crippen molar-refractivity contribution in [3.8, 4) is 0 Å². The van der Waals surface area contributed by atoms with Gasteiger partial charge < -0.3 is 10.0 Å². The first kappa shape index (κ1) is 12.9. The number of carboxylic acid groups (broad SMARTS) is 1. The summed E-state index contributed by atoms with van der Waals surface area (Å²) in [4.78, 5) is 24.1. The summed E-state index contributed by atoms with van der Waals surface area (Å²) in [6.07, 6.45) is 1.47. The third-order valence-corrected chi connectivity index (χ3v) is 3.13. The molecule has 4 nitrogen and oxygen atoms in total. The molecule has 0 aliphatic heterocycles. The van der Waals surface area contributed by atoms with E-state index in [1.54, 1.807) is 17.0 Å². The molecule has 1 aliphatic rings. The molecule has 0 bridgehead atoms. The maximum atomic E-state index is 11.8. The molecule has 1 N–H and O–H groups in total. The van der Waals surface area contributed by atoms with Crippen molar-refractivity contribution in [3.05, 3.63) is 34.9 Å². The van der Waals surface area contributed by atoms with Crippen LogP contribution in [0.5, 0.6) is 0 Å². The molecule has 0 unspecified atom stereocenters. The fourth-order valence-electron chi connectivity index (χ4n) is 1.82. The van der Waals surface area contributed by atoms with Crippen molar-refractivity contribution >= 4 is 23.5 Å². The summed E-state index contributed by atoms with van der Waals surface area (Å²) < 4.78 is 0. The number of amides is 1. The highest BCUT2D eigenvalue weighted by atomic mass is 35.5. The molecule has 1 aromatic carbocycles. The molecule has 1 fully saturated rings. The molecule has 1 aromatic rings. The Balaban J connectivity index is 2.04. The van der Waals surface area contributed by atoms with Crippen molar-refractivity contribution in [3.63, 3.8) is 0 Å². The van der Waals surface area contributed by atoms with Gasteiger partial charge in [0.15, 0.2) is 0 Å². The van der Waals surface area contributed by atoms with E-state index >= 15 is 0 Å². The Morgan fingerprint density at radius 1 is 1.28 bits per heavy atom. The van der Waals surface area contributed by atoms with Crippen LogP contribution in [-0.4, -0.2) is 27.9 Å². The lowest BCUT2D eigenvalue weighted by molar-refractivity contribution is -0.144. The average Bonchev–Trinajstić information content (AvgIpc) is 3.11. The van der Waals surface area contributed by atoms with Crippen LogP contribution in [0.1, 0.15) is 24.8 Å². The van der Waals surface area contributed by atoms with E-state index < -0.39 is 12.4 Å². The van der Waals surface area contributed by atoms with Gasteiger partial charge in [-0.05, 0) is 30.5 Å². The van der Waals surface area contributed by atoms with Gasteiger partial charge in [0.2, 0.25) is 5.91 Å². The molecule has 96 valence electrons. The molecule has 5 heteroatoms. The summed E-state index contributed by atoms with van der Waals surface area (Å²) in [6, 6.07) is 7.44. The lowest BCUT2D eigenvalue weighted by Gasteiger charge is -2.21. The van der Waals surface area contributed by atoms with E-state index in [-0.39, 0.29) is 11.9 Å². The van der Waals surface area contributed by atoms with Gasteiger partial charge in [0.25, 0.3) is 0 Å². The molecule has 1 saturated carbocycles. The lowest BCUT2D eigenvalue weighted by atomic mass is 10.2. The fraction of sp³-hybridized carbons (Fsp3) is 0.385. The molecule has 2 rings (SSSR count). The summed E-state index contributed by atoms with van der Waals surface area (Å²) in [5.41, 5.74) is 0.963. The van der Waals surface area contributed by atoms with E-state index in [4.69, 9.17) is 16.7 Å². The summed E-state index contributed by atoms with van der Waals surface area (Å²) in [7, 11) is 0. The van der Waals surface area contributed by atoms with Crippen molar-refractivity contribution in [1.29, 1.82) is 0 Å². The largest absolute Gasteiger partial charge is 0.481 e. The Morgan fingerprint density at radius 3 is 2.39 bits per heavy atom. The first-order chi connectivity index (χ1) is 8.56.